The molecular formula is C20H28O3. The van der Waals surface area contributed by atoms with Crippen LogP contribution in [0.3, 0.4) is 0 Å². The summed E-state index contributed by atoms with van der Waals surface area (Å²) in [5.41, 5.74) is 3.84. The topological polar surface area (TPSA) is 43.4 Å². The summed E-state index contributed by atoms with van der Waals surface area (Å²) in [5.74, 6) is 0.754. The summed E-state index contributed by atoms with van der Waals surface area (Å²) in [7, 11) is 0. The van der Waals surface area contributed by atoms with Crippen molar-refractivity contribution in [3.05, 3.63) is 34.9 Å². The molecular weight excluding hydrogens is 288 g/mol. The lowest BCUT2D eigenvalue weighted by Crippen LogP contribution is -2.29. The number of esters is 1. The van der Waals surface area contributed by atoms with Crippen LogP contribution in [-0.2, 0) is 14.3 Å². The number of rotatable bonds is 3. The largest absolute Gasteiger partial charge is 0.458 e. The van der Waals surface area contributed by atoms with E-state index < -0.39 is 0 Å². The lowest BCUT2D eigenvalue weighted by molar-refractivity contribution is -0.147. The fraction of sp³-hybridized carbons (Fsp3) is 0.600. The van der Waals surface area contributed by atoms with Gasteiger partial charge in [-0.3, -0.25) is 4.79 Å². The second-order valence-electron chi connectivity index (χ2n) is 7.17. The molecule has 1 fully saturated rings. The van der Waals surface area contributed by atoms with Gasteiger partial charge in [0.2, 0.25) is 0 Å². The van der Waals surface area contributed by atoms with Crippen LogP contribution in [0.5, 0.6) is 0 Å². The number of allylic oxidation sites excluding steroid dienone is 3. The Hall–Kier alpha value is -1.64. The molecule has 0 aliphatic heterocycles. The molecule has 126 valence electrons. The van der Waals surface area contributed by atoms with Crippen molar-refractivity contribution in [2.45, 2.75) is 60.0 Å². The second-order valence-corrected chi connectivity index (χ2v) is 7.17. The van der Waals surface area contributed by atoms with E-state index in [1.807, 2.05) is 20.8 Å². The number of ether oxygens (including phenoxy) is 1. The highest BCUT2D eigenvalue weighted by Crippen LogP contribution is 2.46. The van der Waals surface area contributed by atoms with Gasteiger partial charge in [0.05, 0.1) is 0 Å². The van der Waals surface area contributed by atoms with Crippen molar-refractivity contribution in [1.82, 2.24) is 0 Å². The maximum Gasteiger partial charge on any atom is 0.333 e. The van der Waals surface area contributed by atoms with Crippen LogP contribution < -0.4 is 0 Å². The van der Waals surface area contributed by atoms with Crippen molar-refractivity contribution in [2.24, 2.45) is 17.8 Å². The molecule has 0 spiro atoms. The third-order valence-electron chi connectivity index (χ3n) is 5.58. The summed E-state index contributed by atoms with van der Waals surface area (Å²) in [6.07, 6.45) is 3.80. The maximum absolute atomic E-state index is 12.2. The second kappa shape index (κ2) is 6.86. The molecule has 0 amide bonds. The first-order chi connectivity index (χ1) is 10.8. The third kappa shape index (κ3) is 3.49. The molecule has 0 aromatic rings. The number of carbonyl (C=O) groups is 2. The van der Waals surface area contributed by atoms with E-state index >= 15 is 0 Å². The Morgan fingerprint density at radius 2 is 1.96 bits per heavy atom. The summed E-state index contributed by atoms with van der Waals surface area (Å²) in [6, 6.07) is 0. The quantitative estimate of drug-likeness (QED) is 0.440. The standard InChI is InChI=1S/C20H28O3/c1-7-12(4)20(22)23-19-8-13(5)16-10-18(21)14(6)17(16)9-15(19)11(2)3/h7,13,15-16,19H,2,8-10H2,1,3-6H3. The van der Waals surface area contributed by atoms with Gasteiger partial charge in [0.1, 0.15) is 6.10 Å². The van der Waals surface area contributed by atoms with Gasteiger partial charge in [0.25, 0.3) is 0 Å². The molecule has 0 saturated heterocycles. The summed E-state index contributed by atoms with van der Waals surface area (Å²) in [4.78, 5) is 24.3. The third-order valence-corrected chi connectivity index (χ3v) is 5.58. The zero-order valence-corrected chi connectivity index (χ0v) is 14.9. The fourth-order valence-corrected chi connectivity index (χ4v) is 3.82. The van der Waals surface area contributed by atoms with Crippen molar-refractivity contribution in [1.29, 1.82) is 0 Å². The van der Waals surface area contributed by atoms with Crippen LogP contribution in [0.1, 0.15) is 53.9 Å². The number of ketones is 1. The minimum atomic E-state index is -0.246. The molecule has 0 bridgehead atoms. The van der Waals surface area contributed by atoms with Gasteiger partial charge < -0.3 is 4.74 Å². The molecule has 3 heteroatoms. The van der Waals surface area contributed by atoms with Crippen molar-refractivity contribution < 1.29 is 14.3 Å². The Kier molecular flexibility index (Phi) is 5.28. The van der Waals surface area contributed by atoms with Gasteiger partial charge in [-0.05, 0) is 57.9 Å². The number of Topliss-reactive ketones (excluding diaryl/α,β-unsaturated/α-hetero) is 1. The number of fused-ring (bicyclic) bond motifs is 1. The van der Waals surface area contributed by atoms with E-state index in [-0.39, 0.29) is 23.8 Å². The van der Waals surface area contributed by atoms with E-state index in [0.717, 1.165) is 24.0 Å². The molecule has 4 atom stereocenters. The van der Waals surface area contributed by atoms with Crippen LogP contribution in [-0.4, -0.2) is 17.9 Å². The minimum Gasteiger partial charge on any atom is -0.458 e. The van der Waals surface area contributed by atoms with Crippen LogP contribution in [0.4, 0.5) is 0 Å². The molecule has 0 N–H and O–H groups in total. The first-order valence-electron chi connectivity index (χ1n) is 8.48. The van der Waals surface area contributed by atoms with Crippen LogP contribution >= 0.6 is 0 Å². The maximum atomic E-state index is 12.2. The van der Waals surface area contributed by atoms with Gasteiger partial charge in [0, 0.05) is 17.9 Å². The Morgan fingerprint density at radius 3 is 2.52 bits per heavy atom. The van der Waals surface area contributed by atoms with Gasteiger partial charge >= 0.3 is 5.97 Å². The van der Waals surface area contributed by atoms with E-state index in [4.69, 9.17) is 4.74 Å². The smallest absolute Gasteiger partial charge is 0.333 e. The molecule has 23 heavy (non-hydrogen) atoms. The summed E-state index contributed by atoms with van der Waals surface area (Å²) in [5, 5.41) is 0. The molecule has 4 unspecified atom stereocenters. The Labute approximate surface area is 139 Å². The molecule has 1 saturated carbocycles. The van der Waals surface area contributed by atoms with Gasteiger partial charge in [-0.2, -0.15) is 0 Å². The van der Waals surface area contributed by atoms with Gasteiger partial charge in [0.15, 0.2) is 5.78 Å². The van der Waals surface area contributed by atoms with Gasteiger partial charge in [-0.15, -0.1) is 0 Å². The van der Waals surface area contributed by atoms with Crippen LogP contribution in [0.25, 0.3) is 0 Å². The predicted molar refractivity (Wildman–Crippen MR) is 91.8 cm³/mol. The summed E-state index contributed by atoms with van der Waals surface area (Å²) >= 11 is 0. The number of hydrogen-bond donors (Lipinski definition) is 0. The summed E-state index contributed by atoms with van der Waals surface area (Å²) < 4.78 is 5.82. The normalized spacial score (nSPS) is 31.7. The predicted octanol–water partition coefficient (Wildman–Crippen LogP) is 4.39. The van der Waals surface area contributed by atoms with E-state index in [1.165, 1.54) is 5.57 Å². The Morgan fingerprint density at radius 1 is 1.30 bits per heavy atom. The van der Waals surface area contributed by atoms with E-state index in [9.17, 15) is 9.59 Å². The summed E-state index contributed by atoms with van der Waals surface area (Å²) in [6.45, 7) is 13.8. The molecule has 2 rings (SSSR count). The number of carbonyl (C=O) groups excluding carboxylic acids is 2. The molecule has 0 aromatic carbocycles. The van der Waals surface area contributed by atoms with Crippen molar-refractivity contribution >= 4 is 11.8 Å². The first-order valence-corrected chi connectivity index (χ1v) is 8.48. The van der Waals surface area contributed by atoms with Crippen LogP contribution in [0.2, 0.25) is 0 Å². The van der Waals surface area contributed by atoms with Crippen molar-refractivity contribution in [3.63, 3.8) is 0 Å². The molecule has 2 aliphatic carbocycles. The zero-order valence-electron chi connectivity index (χ0n) is 14.9. The molecule has 0 heterocycles. The van der Waals surface area contributed by atoms with Gasteiger partial charge in [-0.1, -0.05) is 30.7 Å². The Bertz CT molecular complexity index is 594. The fourth-order valence-electron chi connectivity index (χ4n) is 3.82. The average molecular weight is 316 g/mol. The van der Waals surface area contributed by atoms with E-state index in [1.54, 1.807) is 13.0 Å². The molecule has 2 aliphatic rings. The lowest BCUT2D eigenvalue weighted by Gasteiger charge is -2.27. The number of hydrogen-bond acceptors (Lipinski definition) is 3. The van der Waals surface area contributed by atoms with Gasteiger partial charge in [-0.25, -0.2) is 4.79 Å². The molecule has 3 nitrogen and oxygen atoms in total. The van der Waals surface area contributed by atoms with Crippen molar-refractivity contribution in [3.8, 4) is 0 Å². The zero-order chi connectivity index (χ0) is 17.3. The average Bonchev–Trinajstić information content (AvgIpc) is 2.69. The van der Waals surface area contributed by atoms with Crippen LogP contribution in [0, 0.1) is 17.8 Å². The van der Waals surface area contributed by atoms with E-state index in [0.29, 0.717) is 23.8 Å². The monoisotopic (exact) mass is 316 g/mol. The highest BCUT2D eigenvalue weighted by Gasteiger charge is 2.41. The van der Waals surface area contributed by atoms with E-state index in [2.05, 4.69) is 13.5 Å². The molecule has 0 aromatic heterocycles. The Balaban J connectivity index is 2.31. The highest BCUT2D eigenvalue weighted by molar-refractivity contribution is 5.98. The van der Waals surface area contributed by atoms with Crippen LogP contribution in [0.15, 0.2) is 34.9 Å². The minimum absolute atomic E-state index is 0.0897. The lowest BCUT2D eigenvalue weighted by atomic mass is 9.86. The SMILES string of the molecule is C=C(C)C1CC2=C(C)C(=O)CC2C(C)CC1OC(=O)C(C)=CC. The first kappa shape index (κ1) is 17.7. The highest BCUT2D eigenvalue weighted by atomic mass is 16.5. The van der Waals surface area contributed by atoms with Crippen molar-refractivity contribution in [2.75, 3.05) is 0 Å². The molecule has 0 radical (unpaired) electrons.